The molecule has 0 radical (unpaired) electrons. The van der Waals surface area contributed by atoms with Gasteiger partial charge in [0.05, 0.1) is 43.9 Å². The summed E-state index contributed by atoms with van der Waals surface area (Å²) in [5.74, 6) is 12.0. The average molecular weight is 1570 g/mol. The van der Waals surface area contributed by atoms with Crippen molar-refractivity contribution >= 4 is 27.3 Å². The van der Waals surface area contributed by atoms with Crippen molar-refractivity contribution in [2.75, 3.05) is 101 Å². The molecule has 6 aromatic rings. The maximum absolute atomic E-state index is 13.9. The first-order chi connectivity index (χ1) is 54.3. The molecule has 0 spiro atoms. The Bertz CT molecular complexity index is 4280. The van der Waals surface area contributed by atoms with Crippen LogP contribution in [0.15, 0.2) is 114 Å². The van der Waals surface area contributed by atoms with Gasteiger partial charge in [-0.1, -0.05) is 80.5 Å². The van der Waals surface area contributed by atoms with Crippen molar-refractivity contribution in [2.45, 2.75) is 220 Å². The molecule has 4 aliphatic heterocycles. The van der Waals surface area contributed by atoms with Gasteiger partial charge in [-0.05, 0) is 370 Å². The quantitative estimate of drug-likeness (QED) is 0.0942. The monoisotopic (exact) mass is 1570 g/mol. The van der Waals surface area contributed by atoms with Crippen LogP contribution in [0.25, 0.3) is 22.3 Å². The van der Waals surface area contributed by atoms with E-state index in [1.807, 2.05) is 24.3 Å². The largest absolute Gasteiger partial charge is 0.496 e. The summed E-state index contributed by atoms with van der Waals surface area (Å²) in [5.41, 5.74) is 9.15. The molecule has 1 amide bonds. The van der Waals surface area contributed by atoms with E-state index in [1.54, 1.807) is 58.7 Å². The Morgan fingerprint density at radius 1 is 0.429 bits per heavy atom. The molecule has 10 atom stereocenters. The van der Waals surface area contributed by atoms with Crippen LogP contribution in [0.2, 0.25) is 5.02 Å². The molecule has 0 aromatic heterocycles. The van der Waals surface area contributed by atoms with E-state index >= 15 is 0 Å². The highest BCUT2D eigenvalue weighted by Gasteiger charge is 2.46. The molecule has 4 unspecified atom stereocenters. The summed E-state index contributed by atoms with van der Waals surface area (Å²) in [4.78, 5) is 23.3. The maximum Gasteiger partial charge on any atom is 0.252 e. The van der Waals surface area contributed by atoms with Gasteiger partial charge in [0.2, 0.25) is 0 Å². The third-order valence-electron chi connectivity index (χ3n) is 29.9. The molecule has 112 heavy (non-hydrogen) atoms. The van der Waals surface area contributed by atoms with Crippen molar-refractivity contribution in [3.63, 3.8) is 0 Å². The standard InChI is InChI=1S/C29H37ClN2O2.C26H33NO3S.C21H30FNO.C19H25F2NO/c1-31-29(33)25-9-6-23(18-27(25)30)22-7-10-28(34-2)26(17-22)21-11-13-32(14-12-21)24-8-5-19-3-4-20(15-19)16-24;1-30-26-10-7-21(19-5-8-23(9-6-19)31(2,28)29)17-24(26)20-11-13-27(14-12-20)25-16-18-3-4-22(25)15-18;1-24-21-7-6-19(22)13-20(21)17-8-10-23(11-9-17)14-18-12-15-2-4-16(18)5-3-15;1-23-19-16(10-15(20)11-17(19)21)13-4-6-22(7-5-13)18-9-12-2-3-14(18)8-12/h6-7,9-10,17-21,24H,3-5,8,11-16H2,1-2H3,(H,31,33);5-10,17-18,20,22,25H,3-4,11-16H2,1-2H3;6-7,13,15-18H,2-5,8-12,14H2,1H3;10-14,18H,2-9H2,1H3/t;18-,22-,25-;;12-,14+,18+/m.0.0/s1. The van der Waals surface area contributed by atoms with Crippen LogP contribution >= 0.6 is 11.6 Å². The van der Waals surface area contributed by atoms with Gasteiger partial charge >= 0.3 is 0 Å². The van der Waals surface area contributed by atoms with E-state index in [1.165, 1.54) is 217 Å². The van der Waals surface area contributed by atoms with Gasteiger partial charge in [0, 0.05) is 55.2 Å². The number of nitrogens with one attached hydrogen (secondary N) is 1. The Morgan fingerprint density at radius 2 is 0.866 bits per heavy atom. The second-order valence-electron chi connectivity index (χ2n) is 36.2. The molecule has 4 saturated heterocycles. The number of carbonyl (C=O) groups excluding carboxylic acids is 1. The zero-order valence-corrected chi connectivity index (χ0v) is 69.2. The van der Waals surface area contributed by atoms with Crippen LogP contribution in [0.5, 0.6) is 23.0 Å². The fourth-order valence-corrected chi connectivity index (χ4v) is 24.8. The average Bonchev–Trinajstić information content (AvgIpc) is 1.50. The van der Waals surface area contributed by atoms with Crippen molar-refractivity contribution in [3.05, 3.63) is 159 Å². The molecular weight excluding hydrogens is 1450 g/mol. The molecule has 19 rings (SSSR count). The number of methoxy groups -OCH3 is 4. The van der Waals surface area contributed by atoms with Gasteiger partial charge in [-0.2, -0.15) is 0 Å². The summed E-state index contributed by atoms with van der Waals surface area (Å²) >= 11 is 6.43. The van der Waals surface area contributed by atoms with Crippen LogP contribution < -0.4 is 24.3 Å². The predicted octanol–water partition coefficient (Wildman–Crippen LogP) is 20.8. The van der Waals surface area contributed by atoms with Gasteiger partial charge in [-0.15, -0.1) is 0 Å². The molecule has 13 aliphatic rings. The Morgan fingerprint density at radius 3 is 1.37 bits per heavy atom. The molecule has 9 aliphatic carbocycles. The first kappa shape index (κ1) is 81.0. The van der Waals surface area contributed by atoms with Crippen molar-refractivity contribution in [3.8, 4) is 45.3 Å². The molecule has 4 heterocycles. The van der Waals surface area contributed by atoms with Crippen LogP contribution in [0.4, 0.5) is 13.2 Å². The molecule has 1 N–H and O–H groups in total. The minimum Gasteiger partial charge on any atom is -0.496 e. The number of halogens is 4. The fraction of sp³-hybridized carbons (Fsp3) is 0.611. The van der Waals surface area contributed by atoms with Gasteiger partial charge in [-0.3, -0.25) is 4.79 Å². The second-order valence-corrected chi connectivity index (χ2v) is 38.6. The van der Waals surface area contributed by atoms with E-state index in [4.69, 9.17) is 30.5 Å². The number of hydrogen-bond donors (Lipinski definition) is 1. The van der Waals surface area contributed by atoms with Gasteiger partial charge in [-0.25, -0.2) is 21.6 Å². The van der Waals surface area contributed by atoms with Crippen LogP contribution in [-0.4, -0.2) is 153 Å². The van der Waals surface area contributed by atoms with Gasteiger partial charge < -0.3 is 43.9 Å². The van der Waals surface area contributed by atoms with Crippen LogP contribution in [-0.2, 0) is 9.84 Å². The van der Waals surface area contributed by atoms with Gasteiger partial charge in [0.1, 0.15) is 28.9 Å². The van der Waals surface area contributed by atoms with Gasteiger partial charge in [0.15, 0.2) is 21.4 Å². The summed E-state index contributed by atoms with van der Waals surface area (Å²) in [5, 5.41) is 3.11. The molecule has 13 fully saturated rings. The SMILES string of the molecule is CNC(=O)c1ccc(-c2ccc(OC)c(C3CCN(C4CCC5CCC(C5)C4)CC3)c2)cc1Cl.COc1c(F)cc(F)cc1C1CCN([C@@H]2C[C@H]3CC[C@@H]2C3)CC1.COc1ccc(-c2ccc(S(C)(=O)=O)cc2)cc1C1CCN([C@H]2C[C@H]3CC[C@H]2C3)CC1.COc1ccc(F)cc1C1CCN(CC2CC3CCC2CC3)CC1. The normalized spacial score (nSPS) is 28.5. The minimum absolute atomic E-state index is 0.147. The lowest BCUT2D eigenvalue weighted by atomic mass is 9.64. The van der Waals surface area contributed by atoms with Crippen molar-refractivity contribution in [1.29, 1.82) is 0 Å². The molecular formula is C95H125ClF3N5O7S. The number of carbonyl (C=O) groups is 1. The minimum atomic E-state index is -3.18. The highest BCUT2D eigenvalue weighted by Crippen LogP contribution is 2.52. The Labute approximate surface area is 672 Å². The number of hydrogen-bond acceptors (Lipinski definition) is 11. The summed E-state index contributed by atoms with van der Waals surface area (Å²) in [6, 6.07) is 35.4. The number of nitrogens with zero attached hydrogens (tertiary/aromatic N) is 4. The van der Waals surface area contributed by atoms with Gasteiger partial charge in [0.25, 0.3) is 5.91 Å². The van der Waals surface area contributed by atoms with E-state index in [0.717, 1.165) is 174 Å². The number of piperidine rings is 4. The molecule has 606 valence electrons. The van der Waals surface area contributed by atoms with E-state index < -0.39 is 21.5 Å². The smallest absolute Gasteiger partial charge is 0.252 e. The van der Waals surface area contributed by atoms with Crippen molar-refractivity contribution in [1.82, 2.24) is 24.9 Å². The number of rotatable bonds is 17. The third kappa shape index (κ3) is 18.8. The topological polar surface area (TPSA) is 113 Å². The number of likely N-dealkylation sites (tertiary alicyclic amines) is 4. The Hall–Kier alpha value is -6.14. The number of amides is 1. The van der Waals surface area contributed by atoms with Crippen LogP contribution in [0, 0.1) is 70.7 Å². The first-order valence-corrected chi connectivity index (χ1v) is 45.6. The summed E-state index contributed by atoms with van der Waals surface area (Å²) in [6.45, 7) is 10.4. The lowest BCUT2D eigenvalue weighted by Crippen LogP contribution is -2.43. The zero-order valence-electron chi connectivity index (χ0n) is 67.7. The second kappa shape index (κ2) is 36.6. The van der Waals surface area contributed by atoms with Crippen LogP contribution in [0.1, 0.15) is 230 Å². The highest BCUT2D eigenvalue weighted by molar-refractivity contribution is 7.90. The third-order valence-corrected chi connectivity index (χ3v) is 31.4. The Kier molecular flexibility index (Phi) is 26.5. The molecule has 12 nitrogen and oxygen atoms in total. The summed E-state index contributed by atoms with van der Waals surface area (Å²) in [6.07, 6.45) is 37.7. The van der Waals surface area contributed by atoms with Crippen LogP contribution in [0.3, 0.4) is 0 Å². The molecule has 6 aromatic carbocycles. The van der Waals surface area contributed by atoms with E-state index in [0.29, 0.717) is 38.8 Å². The number of benzene rings is 6. The number of sulfone groups is 1. The summed E-state index contributed by atoms with van der Waals surface area (Å²) in [7, 11) is 5.11. The molecule has 17 heteroatoms. The molecule has 8 bridgehead atoms. The van der Waals surface area contributed by atoms with E-state index in [2.05, 4.69) is 61.3 Å². The van der Waals surface area contributed by atoms with E-state index in [9.17, 15) is 26.4 Å². The lowest BCUT2D eigenvalue weighted by Gasteiger charge is -2.45. The zero-order chi connectivity index (χ0) is 77.7. The van der Waals surface area contributed by atoms with Crippen molar-refractivity contribution < 1.29 is 45.3 Å². The Balaban J connectivity index is 0.000000120. The fourth-order valence-electron chi connectivity index (χ4n) is 23.9. The summed E-state index contributed by atoms with van der Waals surface area (Å²) < 4.78 is 86.9. The highest BCUT2D eigenvalue weighted by atomic mass is 35.5. The lowest BCUT2D eigenvalue weighted by molar-refractivity contribution is 0.0588. The van der Waals surface area contributed by atoms with Crippen molar-refractivity contribution in [2.24, 2.45) is 53.3 Å². The number of ether oxygens (including phenoxy) is 4. The predicted molar refractivity (Wildman–Crippen MR) is 444 cm³/mol. The maximum atomic E-state index is 13.9. The van der Waals surface area contributed by atoms with E-state index in [-0.39, 0.29) is 23.4 Å². The first-order valence-electron chi connectivity index (χ1n) is 43.3. The molecule has 9 saturated carbocycles. The number of fused-ring (bicyclic) bond motifs is 9.